The van der Waals surface area contributed by atoms with Gasteiger partial charge in [0.25, 0.3) is 6.43 Å². The minimum atomic E-state index is -3.00. The normalized spacial score (nSPS) is 13.3. The van der Waals surface area contributed by atoms with E-state index in [1.54, 1.807) is 24.3 Å². The van der Waals surface area contributed by atoms with E-state index in [1.165, 1.54) is 0 Å². The number of benzene rings is 1. The van der Waals surface area contributed by atoms with Crippen LogP contribution in [0.25, 0.3) is 0 Å². The summed E-state index contributed by atoms with van der Waals surface area (Å²) in [5.74, 6) is 0.371. The second-order valence-electron chi connectivity index (χ2n) is 3.66. The molecule has 0 aliphatic heterocycles. The average molecular weight is 217 g/mol. The molecule has 84 valence electrons. The Bertz CT molecular complexity index is 295. The summed E-state index contributed by atoms with van der Waals surface area (Å²) in [4.78, 5) is 0. The summed E-state index contributed by atoms with van der Waals surface area (Å²) in [6.45, 7) is 4.05. The molecule has 0 amide bonds. The van der Waals surface area contributed by atoms with Gasteiger partial charge in [0.1, 0.15) is 0 Å². The summed E-state index contributed by atoms with van der Waals surface area (Å²) in [5, 5.41) is 2.09. The standard InChI is InChI=1S/C11H14F3N/c1-7(2)8-3-5-9(6-4-8)15-11(14)10(12)13/h3-7,10-11,15H,1-2H3. The number of hydrogen-bond acceptors (Lipinski definition) is 1. The highest BCUT2D eigenvalue weighted by Gasteiger charge is 2.18. The predicted molar refractivity (Wildman–Crippen MR) is 55.1 cm³/mol. The second-order valence-corrected chi connectivity index (χ2v) is 3.66. The Balaban J connectivity index is 2.64. The first kappa shape index (κ1) is 11.9. The van der Waals surface area contributed by atoms with Crippen LogP contribution in [0, 0.1) is 0 Å². The van der Waals surface area contributed by atoms with Crippen LogP contribution in [-0.4, -0.2) is 12.7 Å². The van der Waals surface area contributed by atoms with Gasteiger partial charge in [0.2, 0.25) is 6.30 Å². The smallest absolute Gasteiger partial charge is 0.287 e. The van der Waals surface area contributed by atoms with Crippen molar-refractivity contribution in [1.82, 2.24) is 0 Å². The van der Waals surface area contributed by atoms with Crippen molar-refractivity contribution in [2.45, 2.75) is 32.5 Å². The molecule has 0 fully saturated rings. The van der Waals surface area contributed by atoms with E-state index in [4.69, 9.17) is 0 Å². The maximum atomic E-state index is 12.6. The number of hydrogen-bond donors (Lipinski definition) is 1. The van der Waals surface area contributed by atoms with Crippen LogP contribution >= 0.6 is 0 Å². The third-order valence-corrected chi connectivity index (χ3v) is 2.10. The van der Waals surface area contributed by atoms with Gasteiger partial charge in [-0.05, 0) is 23.6 Å². The Labute approximate surface area is 87.3 Å². The number of alkyl halides is 3. The van der Waals surface area contributed by atoms with Gasteiger partial charge in [0, 0.05) is 5.69 Å². The first-order valence-electron chi connectivity index (χ1n) is 4.79. The van der Waals surface area contributed by atoms with E-state index in [0.29, 0.717) is 11.6 Å². The molecule has 4 heteroatoms. The van der Waals surface area contributed by atoms with Crippen LogP contribution in [0.4, 0.5) is 18.9 Å². The number of rotatable bonds is 4. The van der Waals surface area contributed by atoms with Crippen molar-refractivity contribution in [3.63, 3.8) is 0 Å². The Morgan fingerprint density at radius 3 is 1.93 bits per heavy atom. The Kier molecular flexibility index (Phi) is 4.00. The zero-order valence-corrected chi connectivity index (χ0v) is 8.68. The molecule has 0 aliphatic carbocycles. The Morgan fingerprint density at radius 1 is 1.00 bits per heavy atom. The molecule has 15 heavy (non-hydrogen) atoms. The van der Waals surface area contributed by atoms with Crippen LogP contribution in [-0.2, 0) is 0 Å². The molecule has 0 radical (unpaired) electrons. The molecule has 0 bridgehead atoms. The molecule has 0 saturated carbocycles. The maximum Gasteiger partial charge on any atom is 0.287 e. The molecule has 0 spiro atoms. The van der Waals surface area contributed by atoms with Crippen LogP contribution in [0.3, 0.4) is 0 Å². The number of anilines is 1. The molecule has 0 heterocycles. The van der Waals surface area contributed by atoms with Crippen LogP contribution in [0.5, 0.6) is 0 Å². The molecule has 1 nitrogen and oxygen atoms in total. The molecule has 0 aromatic heterocycles. The largest absolute Gasteiger partial charge is 0.351 e. The predicted octanol–water partition coefficient (Wildman–Crippen LogP) is 3.78. The summed E-state index contributed by atoms with van der Waals surface area (Å²) in [7, 11) is 0. The van der Waals surface area contributed by atoms with E-state index in [2.05, 4.69) is 5.32 Å². The highest BCUT2D eigenvalue weighted by Crippen LogP contribution is 2.18. The van der Waals surface area contributed by atoms with Crippen molar-refractivity contribution in [2.24, 2.45) is 0 Å². The minimum absolute atomic E-state index is 0.368. The van der Waals surface area contributed by atoms with Gasteiger partial charge in [-0.3, -0.25) is 0 Å². The first-order chi connectivity index (χ1) is 7.00. The van der Waals surface area contributed by atoms with Gasteiger partial charge in [0.05, 0.1) is 0 Å². The monoisotopic (exact) mass is 217 g/mol. The van der Waals surface area contributed by atoms with E-state index >= 15 is 0 Å². The molecule has 1 atom stereocenters. The fourth-order valence-electron chi connectivity index (χ4n) is 1.19. The van der Waals surface area contributed by atoms with Gasteiger partial charge >= 0.3 is 0 Å². The second kappa shape index (κ2) is 5.05. The van der Waals surface area contributed by atoms with Crippen molar-refractivity contribution in [1.29, 1.82) is 0 Å². The summed E-state index contributed by atoms with van der Waals surface area (Å²) in [5.41, 5.74) is 1.46. The zero-order valence-electron chi connectivity index (χ0n) is 8.68. The van der Waals surface area contributed by atoms with Crippen molar-refractivity contribution in [3.05, 3.63) is 29.8 Å². The van der Waals surface area contributed by atoms with Crippen LogP contribution in [0.1, 0.15) is 25.3 Å². The molecule has 1 aromatic rings. The highest BCUT2D eigenvalue weighted by molar-refractivity contribution is 5.45. The lowest BCUT2D eigenvalue weighted by molar-refractivity contribution is 0.0651. The lowest BCUT2D eigenvalue weighted by Gasteiger charge is -2.12. The minimum Gasteiger partial charge on any atom is -0.351 e. The average Bonchev–Trinajstić information content (AvgIpc) is 2.18. The van der Waals surface area contributed by atoms with Crippen molar-refractivity contribution >= 4 is 5.69 Å². The molecular formula is C11H14F3N. The molecule has 1 unspecified atom stereocenters. The summed E-state index contributed by atoms with van der Waals surface area (Å²) < 4.78 is 36.4. The first-order valence-corrected chi connectivity index (χ1v) is 4.79. The molecule has 1 N–H and O–H groups in total. The Hall–Kier alpha value is -1.19. The van der Waals surface area contributed by atoms with E-state index in [0.717, 1.165) is 5.56 Å². The summed E-state index contributed by atoms with van der Waals surface area (Å²) >= 11 is 0. The van der Waals surface area contributed by atoms with E-state index in [9.17, 15) is 13.2 Å². The highest BCUT2D eigenvalue weighted by atomic mass is 19.3. The molecule has 1 aromatic carbocycles. The van der Waals surface area contributed by atoms with Gasteiger partial charge in [-0.2, -0.15) is 0 Å². The lowest BCUT2D eigenvalue weighted by Crippen LogP contribution is -2.22. The molecular weight excluding hydrogens is 203 g/mol. The lowest BCUT2D eigenvalue weighted by atomic mass is 10.0. The molecule has 0 aliphatic rings. The Morgan fingerprint density at radius 2 is 1.53 bits per heavy atom. The quantitative estimate of drug-likeness (QED) is 0.757. The van der Waals surface area contributed by atoms with E-state index in [1.807, 2.05) is 13.8 Å². The third kappa shape index (κ3) is 3.46. The molecule has 1 rings (SSSR count). The topological polar surface area (TPSA) is 12.0 Å². The molecule has 0 saturated heterocycles. The summed E-state index contributed by atoms with van der Waals surface area (Å²) in [6, 6.07) is 6.80. The van der Waals surface area contributed by atoms with Crippen molar-refractivity contribution in [2.75, 3.05) is 5.32 Å². The van der Waals surface area contributed by atoms with E-state index < -0.39 is 12.7 Å². The van der Waals surface area contributed by atoms with Crippen molar-refractivity contribution in [3.8, 4) is 0 Å². The summed E-state index contributed by atoms with van der Waals surface area (Å²) in [6.07, 6.45) is -5.32. The van der Waals surface area contributed by atoms with E-state index in [-0.39, 0.29) is 0 Å². The van der Waals surface area contributed by atoms with Crippen LogP contribution in [0.15, 0.2) is 24.3 Å². The fourth-order valence-corrected chi connectivity index (χ4v) is 1.19. The third-order valence-electron chi connectivity index (χ3n) is 2.10. The van der Waals surface area contributed by atoms with Gasteiger partial charge in [-0.15, -0.1) is 0 Å². The zero-order chi connectivity index (χ0) is 11.4. The SMILES string of the molecule is CC(C)c1ccc(NC(F)C(F)F)cc1. The van der Waals surface area contributed by atoms with Gasteiger partial charge < -0.3 is 5.32 Å². The fraction of sp³-hybridized carbons (Fsp3) is 0.455. The van der Waals surface area contributed by atoms with Crippen LogP contribution in [0.2, 0.25) is 0 Å². The maximum absolute atomic E-state index is 12.6. The van der Waals surface area contributed by atoms with Crippen LogP contribution < -0.4 is 5.32 Å². The number of nitrogens with one attached hydrogen (secondary N) is 1. The van der Waals surface area contributed by atoms with Gasteiger partial charge in [-0.25, -0.2) is 13.2 Å². The number of halogens is 3. The van der Waals surface area contributed by atoms with Crippen molar-refractivity contribution < 1.29 is 13.2 Å². The van der Waals surface area contributed by atoms with Gasteiger partial charge in [0.15, 0.2) is 0 Å². The van der Waals surface area contributed by atoms with Gasteiger partial charge in [-0.1, -0.05) is 26.0 Å².